The molecule has 0 saturated carbocycles. The Bertz CT molecular complexity index is 1260. The van der Waals surface area contributed by atoms with Gasteiger partial charge in [0.25, 0.3) is 5.91 Å². The van der Waals surface area contributed by atoms with Gasteiger partial charge in [-0.1, -0.05) is 24.3 Å². The van der Waals surface area contributed by atoms with E-state index in [0.717, 1.165) is 17.0 Å². The van der Waals surface area contributed by atoms with Crippen LogP contribution in [0.25, 0.3) is 11.4 Å². The summed E-state index contributed by atoms with van der Waals surface area (Å²) in [6.07, 6.45) is 1.61. The molecule has 0 aliphatic rings. The van der Waals surface area contributed by atoms with Gasteiger partial charge < -0.3 is 15.4 Å². The van der Waals surface area contributed by atoms with Crippen LogP contribution in [-0.4, -0.2) is 23.0 Å². The summed E-state index contributed by atoms with van der Waals surface area (Å²) in [4.78, 5) is 21.3. The molecule has 0 radical (unpaired) electrons. The third-order valence-corrected chi connectivity index (χ3v) is 5.10. The molecule has 0 aliphatic heterocycles. The maximum absolute atomic E-state index is 13.5. The minimum absolute atomic E-state index is 0.173. The van der Waals surface area contributed by atoms with Crippen molar-refractivity contribution in [1.29, 1.82) is 0 Å². The van der Waals surface area contributed by atoms with Gasteiger partial charge in [-0.15, -0.1) is 0 Å². The summed E-state index contributed by atoms with van der Waals surface area (Å²) in [5.41, 5.74) is 2.85. The Morgan fingerprint density at radius 2 is 1.79 bits per heavy atom. The van der Waals surface area contributed by atoms with E-state index in [1.165, 1.54) is 12.1 Å². The minimum atomic E-state index is -0.343. The Morgan fingerprint density at radius 1 is 1.00 bits per heavy atom. The van der Waals surface area contributed by atoms with E-state index in [1.54, 1.807) is 55.8 Å². The predicted molar refractivity (Wildman–Crippen MR) is 126 cm³/mol. The Balaban J connectivity index is 1.42. The standard InChI is InChI=1S/C26H23FN4O2/c1-17(19-5-4-8-23(16-19)33-2)29-26(32)18-9-11-22(12-10-18)30-24-13-14-28-25(31-24)20-6-3-7-21(27)15-20/h3-17H,1-2H3,(H,29,32)(H,28,30,31)/t17-/m0/s1. The maximum Gasteiger partial charge on any atom is 0.251 e. The van der Waals surface area contributed by atoms with Gasteiger partial charge in [-0.3, -0.25) is 4.79 Å². The van der Waals surface area contributed by atoms with E-state index in [0.29, 0.717) is 22.8 Å². The summed E-state index contributed by atoms with van der Waals surface area (Å²) < 4.78 is 18.8. The highest BCUT2D eigenvalue weighted by Gasteiger charge is 2.12. The van der Waals surface area contributed by atoms with Gasteiger partial charge in [0, 0.05) is 23.0 Å². The second-order valence-electron chi connectivity index (χ2n) is 7.45. The van der Waals surface area contributed by atoms with Crippen molar-refractivity contribution in [2.75, 3.05) is 12.4 Å². The normalized spacial score (nSPS) is 11.5. The van der Waals surface area contributed by atoms with Gasteiger partial charge in [0.15, 0.2) is 5.82 Å². The van der Waals surface area contributed by atoms with E-state index < -0.39 is 0 Å². The number of nitrogens with one attached hydrogen (secondary N) is 2. The van der Waals surface area contributed by atoms with Crippen LogP contribution in [0.2, 0.25) is 0 Å². The summed E-state index contributed by atoms with van der Waals surface area (Å²) in [5, 5.41) is 6.18. The molecule has 0 bridgehead atoms. The lowest BCUT2D eigenvalue weighted by atomic mass is 10.1. The number of benzene rings is 3. The second-order valence-corrected chi connectivity index (χ2v) is 7.45. The van der Waals surface area contributed by atoms with Crippen molar-refractivity contribution in [2.45, 2.75) is 13.0 Å². The fourth-order valence-corrected chi connectivity index (χ4v) is 3.32. The van der Waals surface area contributed by atoms with Gasteiger partial charge in [-0.25, -0.2) is 14.4 Å². The number of hydrogen-bond acceptors (Lipinski definition) is 5. The van der Waals surface area contributed by atoms with E-state index in [1.807, 2.05) is 31.2 Å². The van der Waals surface area contributed by atoms with Crippen LogP contribution in [0.4, 0.5) is 15.9 Å². The van der Waals surface area contributed by atoms with Gasteiger partial charge in [-0.05, 0) is 67.1 Å². The zero-order valence-corrected chi connectivity index (χ0v) is 18.2. The van der Waals surface area contributed by atoms with Crippen LogP contribution in [0.15, 0.2) is 85.1 Å². The van der Waals surface area contributed by atoms with E-state index >= 15 is 0 Å². The Kier molecular flexibility index (Phi) is 6.59. The molecule has 3 aromatic carbocycles. The summed E-state index contributed by atoms with van der Waals surface area (Å²) >= 11 is 0. The first-order valence-corrected chi connectivity index (χ1v) is 10.4. The Labute approximate surface area is 191 Å². The number of carbonyl (C=O) groups is 1. The van der Waals surface area contributed by atoms with Gasteiger partial charge in [-0.2, -0.15) is 0 Å². The Morgan fingerprint density at radius 3 is 2.55 bits per heavy atom. The minimum Gasteiger partial charge on any atom is -0.497 e. The molecule has 7 heteroatoms. The first-order valence-electron chi connectivity index (χ1n) is 10.4. The summed E-state index contributed by atoms with van der Waals surface area (Å²) in [6, 6.07) is 22.4. The SMILES string of the molecule is COc1cccc([C@H](C)NC(=O)c2ccc(Nc3ccnc(-c4cccc(F)c4)n3)cc2)c1. The molecule has 33 heavy (non-hydrogen) atoms. The molecule has 4 aromatic rings. The van der Waals surface area contributed by atoms with E-state index in [9.17, 15) is 9.18 Å². The fourth-order valence-electron chi connectivity index (χ4n) is 3.32. The van der Waals surface area contributed by atoms with Gasteiger partial charge in [0.2, 0.25) is 0 Å². The highest BCUT2D eigenvalue weighted by Crippen LogP contribution is 2.21. The van der Waals surface area contributed by atoms with Crippen LogP contribution < -0.4 is 15.4 Å². The van der Waals surface area contributed by atoms with Crippen LogP contribution in [0.1, 0.15) is 28.9 Å². The molecule has 1 aromatic heterocycles. The van der Waals surface area contributed by atoms with Crippen molar-refractivity contribution in [3.8, 4) is 17.1 Å². The number of ether oxygens (including phenoxy) is 1. The fraction of sp³-hybridized carbons (Fsp3) is 0.115. The molecule has 0 fully saturated rings. The highest BCUT2D eigenvalue weighted by molar-refractivity contribution is 5.94. The predicted octanol–water partition coefficient (Wildman–Crippen LogP) is 5.53. The lowest BCUT2D eigenvalue weighted by Crippen LogP contribution is -2.26. The van der Waals surface area contributed by atoms with Crippen molar-refractivity contribution < 1.29 is 13.9 Å². The first kappa shape index (κ1) is 22.0. The summed E-state index contributed by atoms with van der Waals surface area (Å²) in [5.74, 6) is 1.21. The number of nitrogens with zero attached hydrogens (tertiary/aromatic N) is 2. The molecule has 1 amide bonds. The smallest absolute Gasteiger partial charge is 0.251 e. The summed E-state index contributed by atoms with van der Waals surface area (Å²) in [7, 11) is 1.61. The monoisotopic (exact) mass is 442 g/mol. The molecule has 0 aliphatic carbocycles. The molecule has 1 heterocycles. The molecule has 6 nitrogen and oxygen atoms in total. The third kappa shape index (κ3) is 5.51. The molecule has 166 valence electrons. The number of methoxy groups -OCH3 is 1. The molecule has 2 N–H and O–H groups in total. The molecule has 0 spiro atoms. The maximum atomic E-state index is 13.5. The average Bonchev–Trinajstić information content (AvgIpc) is 2.84. The van der Waals surface area contributed by atoms with Crippen LogP contribution >= 0.6 is 0 Å². The number of anilines is 2. The quantitative estimate of drug-likeness (QED) is 0.394. The first-order chi connectivity index (χ1) is 16.0. The lowest BCUT2D eigenvalue weighted by Gasteiger charge is -2.15. The largest absolute Gasteiger partial charge is 0.497 e. The summed E-state index contributed by atoms with van der Waals surface area (Å²) in [6.45, 7) is 1.92. The van der Waals surface area contributed by atoms with E-state index in [2.05, 4.69) is 20.6 Å². The van der Waals surface area contributed by atoms with Gasteiger partial charge in [0.1, 0.15) is 17.4 Å². The van der Waals surface area contributed by atoms with Crippen molar-refractivity contribution in [3.63, 3.8) is 0 Å². The lowest BCUT2D eigenvalue weighted by molar-refractivity contribution is 0.0940. The zero-order valence-electron chi connectivity index (χ0n) is 18.2. The zero-order chi connectivity index (χ0) is 23.2. The van der Waals surface area contributed by atoms with Crippen molar-refractivity contribution in [1.82, 2.24) is 15.3 Å². The molecular formula is C26H23FN4O2. The number of rotatable bonds is 7. The van der Waals surface area contributed by atoms with Crippen LogP contribution in [0.5, 0.6) is 5.75 Å². The van der Waals surface area contributed by atoms with Crippen molar-refractivity contribution in [2.24, 2.45) is 0 Å². The van der Waals surface area contributed by atoms with Crippen LogP contribution in [0, 0.1) is 5.82 Å². The Hall–Kier alpha value is -4.26. The molecule has 0 saturated heterocycles. The topological polar surface area (TPSA) is 76.1 Å². The van der Waals surface area contributed by atoms with Gasteiger partial charge in [0.05, 0.1) is 13.2 Å². The van der Waals surface area contributed by atoms with Gasteiger partial charge >= 0.3 is 0 Å². The molecule has 0 unspecified atom stereocenters. The van der Waals surface area contributed by atoms with Crippen LogP contribution in [-0.2, 0) is 0 Å². The van der Waals surface area contributed by atoms with Crippen molar-refractivity contribution in [3.05, 3.63) is 102 Å². The number of aromatic nitrogens is 2. The van der Waals surface area contributed by atoms with E-state index in [4.69, 9.17) is 4.74 Å². The number of amides is 1. The number of carbonyl (C=O) groups excluding carboxylic acids is 1. The molecule has 4 rings (SSSR count). The third-order valence-electron chi connectivity index (χ3n) is 5.10. The number of hydrogen-bond donors (Lipinski definition) is 2. The van der Waals surface area contributed by atoms with Crippen LogP contribution in [0.3, 0.4) is 0 Å². The molecule has 1 atom stereocenters. The molecular weight excluding hydrogens is 419 g/mol. The second kappa shape index (κ2) is 9.91. The highest BCUT2D eigenvalue weighted by atomic mass is 19.1. The average molecular weight is 442 g/mol. The number of halogens is 1. The van der Waals surface area contributed by atoms with Crippen molar-refractivity contribution >= 4 is 17.4 Å². The van der Waals surface area contributed by atoms with E-state index in [-0.39, 0.29) is 17.8 Å².